The molecule has 0 bridgehead atoms. The van der Waals surface area contributed by atoms with E-state index in [4.69, 9.17) is 0 Å². The minimum absolute atomic E-state index is 0.105. The summed E-state index contributed by atoms with van der Waals surface area (Å²) in [7, 11) is 0. The molecule has 0 aliphatic heterocycles. The normalized spacial score (nSPS) is 13.6. The minimum Gasteiger partial charge on any atom is -0.348 e. The molecule has 98 valence electrons. The van der Waals surface area contributed by atoms with Crippen molar-refractivity contribution in [3.05, 3.63) is 34.3 Å². The fourth-order valence-corrected chi connectivity index (χ4v) is 1.99. The van der Waals surface area contributed by atoms with Crippen LogP contribution in [0.15, 0.2) is 28.7 Å². The van der Waals surface area contributed by atoms with E-state index in [1.54, 1.807) is 6.92 Å². The predicted molar refractivity (Wildman–Crippen MR) is 74.0 cm³/mol. The quantitative estimate of drug-likeness (QED) is 0.895. The first kappa shape index (κ1) is 14.7. The molecule has 0 aromatic heterocycles. The average molecular weight is 313 g/mol. The monoisotopic (exact) mass is 312 g/mol. The van der Waals surface area contributed by atoms with E-state index in [0.717, 1.165) is 10.0 Å². The molecule has 0 unspecified atom stereocenters. The first-order chi connectivity index (χ1) is 8.40. The van der Waals surface area contributed by atoms with Crippen LogP contribution >= 0.6 is 15.9 Å². The number of benzene rings is 1. The van der Waals surface area contributed by atoms with Crippen LogP contribution in [0, 0.1) is 0 Å². The summed E-state index contributed by atoms with van der Waals surface area (Å²) in [6.07, 6.45) is 0. The van der Waals surface area contributed by atoms with Gasteiger partial charge in [0.25, 0.3) is 0 Å². The fourth-order valence-electron chi connectivity index (χ4n) is 1.57. The lowest BCUT2D eigenvalue weighted by Crippen LogP contribution is -2.44. The van der Waals surface area contributed by atoms with Crippen LogP contribution in [0.2, 0.25) is 0 Å². The maximum absolute atomic E-state index is 11.8. The summed E-state index contributed by atoms with van der Waals surface area (Å²) in [5, 5.41) is 5.40. The van der Waals surface area contributed by atoms with Gasteiger partial charge in [0.15, 0.2) is 0 Å². The highest BCUT2D eigenvalue weighted by molar-refractivity contribution is 9.10. The molecule has 2 N–H and O–H groups in total. The Morgan fingerprint density at radius 3 is 2.44 bits per heavy atom. The number of hydrogen-bond donors (Lipinski definition) is 2. The van der Waals surface area contributed by atoms with Gasteiger partial charge in [-0.05, 0) is 31.5 Å². The molecule has 0 aliphatic carbocycles. The zero-order valence-corrected chi connectivity index (χ0v) is 12.2. The van der Waals surface area contributed by atoms with Crippen molar-refractivity contribution in [2.75, 3.05) is 0 Å². The number of carbonyl (C=O) groups is 2. The highest BCUT2D eigenvalue weighted by atomic mass is 79.9. The number of amides is 2. The van der Waals surface area contributed by atoms with Gasteiger partial charge in [0.05, 0.1) is 6.04 Å². The van der Waals surface area contributed by atoms with Crippen LogP contribution in [-0.2, 0) is 9.59 Å². The molecule has 0 fully saturated rings. The standard InChI is InChI=1S/C13H17BrN2O2/c1-8(11-5-4-6-12(14)7-11)16-13(18)9(2)15-10(3)17/h4-9H,1-3H3,(H,15,17)(H,16,18)/t8-,9-/m0/s1. The van der Waals surface area contributed by atoms with E-state index in [2.05, 4.69) is 26.6 Å². The summed E-state index contributed by atoms with van der Waals surface area (Å²) in [4.78, 5) is 22.7. The highest BCUT2D eigenvalue weighted by Gasteiger charge is 2.16. The molecular formula is C13H17BrN2O2. The highest BCUT2D eigenvalue weighted by Crippen LogP contribution is 2.17. The first-order valence-electron chi connectivity index (χ1n) is 5.73. The maximum Gasteiger partial charge on any atom is 0.242 e. The zero-order valence-electron chi connectivity index (χ0n) is 10.7. The van der Waals surface area contributed by atoms with Gasteiger partial charge < -0.3 is 10.6 Å². The summed E-state index contributed by atoms with van der Waals surface area (Å²) in [6.45, 7) is 4.95. The van der Waals surface area contributed by atoms with Crippen LogP contribution in [0.5, 0.6) is 0 Å². The number of halogens is 1. The Kier molecular flexibility index (Phi) is 5.34. The SMILES string of the molecule is CC(=O)N[C@@H](C)C(=O)N[C@@H](C)c1cccc(Br)c1. The third kappa shape index (κ3) is 4.49. The lowest BCUT2D eigenvalue weighted by Gasteiger charge is -2.18. The third-order valence-electron chi connectivity index (χ3n) is 2.52. The van der Waals surface area contributed by atoms with Gasteiger partial charge in [0, 0.05) is 11.4 Å². The number of hydrogen-bond acceptors (Lipinski definition) is 2. The van der Waals surface area contributed by atoms with Gasteiger partial charge in [-0.2, -0.15) is 0 Å². The molecular weight excluding hydrogens is 296 g/mol. The van der Waals surface area contributed by atoms with Gasteiger partial charge in [-0.25, -0.2) is 0 Å². The van der Waals surface area contributed by atoms with E-state index >= 15 is 0 Å². The molecule has 4 nitrogen and oxygen atoms in total. The van der Waals surface area contributed by atoms with E-state index < -0.39 is 6.04 Å². The minimum atomic E-state index is -0.530. The molecule has 2 amide bonds. The molecule has 0 spiro atoms. The van der Waals surface area contributed by atoms with Gasteiger partial charge in [0.2, 0.25) is 11.8 Å². The molecule has 1 rings (SSSR count). The largest absolute Gasteiger partial charge is 0.348 e. The van der Waals surface area contributed by atoms with Crippen LogP contribution in [-0.4, -0.2) is 17.9 Å². The maximum atomic E-state index is 11.8. The van der Waals surface area contributed by atoms with Gasteiger partial charge >= 0.3 is 0 Å². The summed E-state index contributed by atoms with van der Waals surface area (Å²) >= 11 is 3.39. The zero-order chi connectivity index (χ0) is 13.7. The Bertz CT molecular complexity index is 448. The Morgan fingerprint density at radius 2 is 1.89 bits per heavy atom. The van der Waals surface area contributed by atoms with Crippen LogP contribution in [0.3, 0.4) is 0 Å². The van der Waals surface area contributed by atoms with Crippen molar-refractivity contribution in [1.29, 1.82) is 0 Å². The van der Waals surface area contributed by atoms with Crippen LogP contribution in [0.25, 0.3) is 0 Å². The lowest BCUT2D eigenvalue weighted by atomic mass is 10.1. The number of rotatable bonds is 4. The summed E-state index contributed by atoms with van der Waals surface area (Å²) in [5.41, 5.74) is 1.01. The van der Waals surface area contributed by atoms with Crippen LogP contribution in [0.1, 0.15) is 32.4 Å². The topological polar surface area (TPSA) is 58.2 Å². The summed E-state index contributed by atoms with van der Waals surface area (Å²) < 4.78 is 0.969. The van der Waals surface area contributed by atoms with Gasteiger partial charge in [-0.3, -0.25) is 9.59 Å². The van der Waals surface area contributed by atoms with Crippen molar-refractivity contribution in [1.82, 2.24) is 10.6 Å². The molecule has 0 radical (unpaired) electrons. The van der Waals surface area contributed by atoms with Crippen LogP contribution < -0.4 is 10.6 Å². The molecule has 2 atom stereocenters. The van der Waals surface area contributed by atoms with E-state index in [1.807, 2.05) is 31.2 Å². The van der Waals surface area contributed by atoms with Crippen molar-refractivity contribution in [2.24, 2.45) is 0 Å². The van der Waals surface area contributed by atoms with E-state index in [-0.39, 0.29) is 17.9 Å². The van der Waals surface area contributed by atoms with Crippen molar-refractivity contribution < 1.29 is 9.59 Å². The first-order valence-corrected chi connectivity index (χ1v) is 6.52. The lowest BCUT2D eigenvalue weighted by molar-refractivity contribution is -0.128. The second kappa shape index (κ2) is 6.54. The van der Waals surface area contributed by atoms with Gasteiger partial charge in [0.1, 0.15) is 6.04 Å². The number of nitrogens with one attached hydrogen (secondary N) is 2. The molecule has 0 heterocycles. The second-order valence-corrected chi connectivity index (χ2v) is 5.12. The molecule has 1 aromatic carbocycles. The second-order valence-electron chi connectivity index (χ2n) is 4.21. The fraction of sp³-hybridized carbons (Fsp3) is 0.385. The summed E-state index contributed by atoms with van der Waals surface area (Å²) in [5.74, 6) is -0.412. The summed E-state index contributed by atoms with van der Waals surface area (Å²) in [6, 6.07) is 7.10. The van der Waals surface area contributed by atoms with Gasteiger partial charge in [-0.1, -0.05) is 28.1 Å². The number of carbonyl (C=O) groups excluding carboxylic acids is 2. The molecule has 18 heavy (non-hydrogen) atoms. The predicted octanol–water partition coefficient (Wildman–Crippen LogP) is 2.15. The van der Waals surface area contributed by atoms with Crippen molar-refractivity contribution in [3.8, 4) is 0 Å². The molecule has 0 saturated heterocycles. The third-order valence-corrected chi connectivity index (χ3v) is 3.01. The molecule has 0 saturated carbocycles. The van der Waals surface area contributed by atoms with Crippen LogP contribution in [0.4, 0.5) is 0 Å². The van der Waals surface area contributed by atoms with E-state index in [9.17, 15) is 9.59 Å². The molecule has 5 heteroatoms. The molecule has 0 aliphatic rings. The van der Waals surface area contributed by atoms with Crippen molar-refractivity contribution in [3.63, 3.8) is 0 Å². The molecule has 1 aromatic rings. The Labute approximate surface area is 115 Å². The van der Waals surface area contributed by atoms with E-state index in [0.29, 0.717) is 0 Å². The van der Waals surface area contributed by atoms with E-state index in [1.165, 1.54) is 6.92 Å². The smallest absolute Gasteiger partial charge is 0.242 e. The average Bonchev–Trinajstić information content (AvgIpc) is 2.27. The van der Waals surface area contributed by atoms with Crippen molar-refractivity contribution in [2.45, 2.75) is 32.9 Å². The Hall–Kier alpha value is -1.36. The Balaban J connectivity index is 2.62. The Morgan fingerprint density at radius 1 is 1.22 bits per heavy atom. The van der Waals surface area contributed by atoms with Gasteiger partial charge in [-0.15, -0.1) is 0 Å². The van der Waals surface area contributed by atoms with Crippen molar-refractivity contribution >= 4 is 27.7 Å².